The molecule has 0 amide bonds. The first-order valence-electron chi connectivity index (χ1n) is 2.25. The Hall–Kier alpha value is -0.174. The molecule has 0 spiro atoms. The van der Waals surface area contributed by atoms with Crippen LogP contribution in [0.2, 0.25) is 0 Å². The molecule has 0 fully saturated rings. The van der Waals surface area contributed by atoms with Crippen molar-refractivity contribution in [3.05, 3.63) is 17.1 Å². The van der Waals surface area contributed by atoms with Crippen molar-refractivity contribution in [2.45, 2.75) is 6.92 Å². The molecule has 1 heterocycles. The molecule has 1 rings (SSSR count). The van der Waals surface area contributed by atoms with E-state index in [0.29, 0.717) is 0 Å². The van der Waals surface area contributed by atoms with E-state index in [4.69, 9.17) is 9.90 Å². The third kappa shape index (κ3) is 25.8. The van der Waals surface area contributed by atoms with E-state index in [1.807, 2.05) is 5.38 Å². The van der Waals surface area contributed by atoms with Gasteiger partial charge < -0.3 is 13.4 Å². The van der Waals surface area contributed by atoms with E-state index < -0.39 is 5.97 Å². The van der Waals surface area contributed by atoms with Crippen molar-refractivity contribution in [3.63, 3.8) is 0 Å². The SMILES string of the molecule is CC(=O)O.O.[H-].[H-].[Mg+2].c1cscn1. The Kier molecular flexibility index (Phi) is 19.4. The molecular weight excluding hydrogens is 178 g/mol. The Balaban J connectivity index is -0.0000000256. The Morgan fingerprint density at radius 1 is 1.73 bits per heavy atom. The molecule has 62 valence electrons. The van der Waals surface area contributed by atoms with Gasteiger partial charge in [-0.2, -0.15) is 0 Å². The summed E-state index contributed by atoms with van der Waals surface area (Å²) in [6.45, 7) is 1.08. The van der Waals surface area contributed by atoms with Gasteiger partial charge in [0.25, 0.3) is 5.97 Å². The molecule has 0 unspecified atom stereocenters. The van der Waals surface area contributed by atoms with Gasteiger partial charge in [-0.1, -0.05) is 0 Å². The molecule has 1 aromatic rings. The summed E-state index contributed by atoms with van der Waals surface area (Å²) < 4.78 is 0. The summed E-state index contributed by atoms with van der Waals surface area (Å²) in [6.07, 6.45) is 1.77. The topological polar surface area (TPSA) is 81.7 Å². The molecule has 0 aliphatic heterocycles. The largest absolute Gasteiger partial charge is 2.00 e. The fourth-order valence-electron chi connectivity index (χ4n) is 0.176. The molecule has 0 saturated heterocycles. The minimum absolute atomic E-state index is 0. The molecule has 11 heavy (non-hydrogen) atoms. The van der Waals surface area contributed by atoms with E-state index in [-0.39, 0.29) is 31.4 Å². The fourth-order valence-corrected chi connectivity index (χ4v) is 0.527. The first-order chi connectivity index (χ1) is 4.23. The van der Waals surface area contributed by atoms with Gasteiger partial charge >= 0.3 is 23.1 Å². The standard InChI is InChI=1S/C3H3NS.C2H4O2.Mg.H2O.2H/c1-2-5-3-4-1;1-2(3)4;;;;/h1-3H;1H3,(H,3,4);;1H2;;/q;;+2;;2*-1. The number of carbonyl (C=O) groups is 1. The van der Waals surface area contributed by atoms with Crippen LogP contribution in [0.25, 0.3) is 0 Å². The van der Waals surface area contributed by atoms with Gasteiger partial charge in [-0.05, 0) is 0 Å². The summed E-state index contributed by atoms with van der Waals surface area (Å²) in [4.78, 5) is 12.7. The van der Waals surface area contributed by atoms with Crippen LogP contribution in [0.1, 0.15) is 9.78 Å². The average molecular weight is 190 g/mol. The van der Waals surface area contributed by atoms with E-state index in [2.05, 4.69) is 4.98 Å². The third-order valence-electron chi connectivity index (χ3n) is 0.347. The molecule has 0 aliphatic rings. The van der Waals surface area contributed by atoms with Crippen LogP contribution in [0, 0.1) is 0 Å². The maximum Gasteiger partial charge on any atom is 2.00 e. The minimum atomic E-state index is -0.833. The second kappa shape index (κ2) is 12.5. The molecule has 3 N–H and O–H groups in total. The van der Waals surface area contributed by atoms with Crippen molar-refractivity contribution in [1.29, 1.82) is 0 Å². The van der Waals surface area contributed by atoms with Crippen LogP contribution in [0.4, 0.5) is 0 Å². The maximum atomic E-state index is 9.00. The van der Waals surface area contributed by atoms with E-state index in [1.165, 1.54) is 0 Å². The summed E-state index contributed by atoms with van der Waals surface area (Å²) in [5.74, 6) is -0.833. The summed E-state index contributed by atoms with van der Waals surface area (Å²) in [5, 5.41) is 9.35. The number of carboxylic acids is 1. The third-order valence-corrected chi connectivity index (χ3v) is 0.869. The summed E-state index contributed by atoms with van der Waals surface area (Å²) >= 11 is 1.60. The first kappa shape index (κ1) is 17.1. The van der Waals surface area contributed by atoms with Crippen LogP contribution in [0.15, 0.2) is 17.1 Å². The molecule has 0 saturated carbocycles. The van der Waals surface area contributed by atoms with Crippen molar-refractivity contribution in [2.75, 3.05) is 0 Å². The summed E-state index contributed by atoms with van der Waals surface area (Å²) in [7, 11) is 0. The summed E-state index contributed by atoms with van der Waals surface area (Å²) in [5.41, 5.74) is 1.79. The Bertz CT molecular complexity index is 144. The second-order valence-corrected chi connectivity index (χ2v) is 1.95. The van der Waals surface area contributed by atoms with Crippen LogP contribution in [0.5, 0.6) is 0 Å². The number of thiazole rings is 1. The zero-order chi connectivity index (χ0) is 7.11. The zero-order valence-electron chi connectivity index (χ0n) is 8.15. The van der Waals surface area contributed by atoms with Crippen molar-refractivity contribution >= 4 is 40.4 Å². The van der Waals surface area contributed by atoms with Gasteiger partial charge in [0.05, 0.1) is 5.51 Å². The van der Waals surface area contributed by atoms with Gasteiger partial charge in [-0.25, -0.2) is 0 Å². The molecule has 0 atom stereocenters. The smallest absolute Gasteiger partial charge is 1.00 e. The van der Waals surface area contributed by atoms with E-state index in [9.17, 15) is 0 Å². The van der Waals surface area contributed by atoms with Gasteiger partial charge in [0, 0.05) is 18.5 Å². The molecule has 1 aromatic heterocycles. The van der Waals surface area contributed by atoms with Gasteiger partial charge in [-0.3, -0.25) is 9.78 Å². The minimum Gasteiger partial charge on any atom is -1.00 e. The first-order valence-corrected chi connectivity index (χ1v) is 3.19. The van der Waals surface area contributed by atoms with Gasteiger partial charge in [0.2, 0.25) is 0 Å². The van der Waals surface area contributed by atoms with Gasteiger partial charge in [-0.15, -0.1) is 11.3 Å². The number of aliphatic carboxylic acids is 1. The van der Waals surface area contributed by atoms with E-state index >= 15 is 0 Å². The molecular formula is C5H11MgNO3S. The molecule has 0 bridgehead atoms. The maximum absolute atomic E-state index is 9.00. The van der Waals surface area contributed by atoms with E-state index in [1.54, 1.807) is 23.0 Å². The quantitative estimate of drug-likeness (QED) is 0.594. The second-order valence-electron chi connectivity index (χ2n) is 1.19. The number of nitrogens with zero attached hydrogens (tertiary/aromatic N) is 1. The molecule has 0 radical (unpaired) electrons. The van der Waals surface area contributed by atoms with Crippen molar-refractivity contribution in [2.24, 2.45) is 0 Å². The number of hydrogen-bond acceptors (Lipinski definition) is 3. The fraction of sp³-hybridized carbons (Fsp3) is 0.200. The van der Waals surface area contributed by atoms with Crippen LogP contribution < -0.4 is 0 Å². The van der Waals surface area contributed by atoms with Gasteiger partial charge in [0.15, 0.2) is 0 Å². The Morgan fingerprint density at radius 2 is 2.18 bits per heavy atom. The molecule has 4 nitrogen and oxygen atoms in total. The van der Waals surface area contributed by atoms with Crippen molar-refractivity contribution < 1.29 is 18.2 Å². The number of aromatic nitrogens is 1. The monoisotopic (exact) mass is 189 g/mol. The zero-order valence-corrected chi connectivity index (χ0v) is 8.38. The van der Waals surface area contributed by atoms with Crippen LogP contribution >= 0.6 is 11.3 Å². The Morgan fingerprint density at radius 3 is 2.27 bits per heavy atom. The van der Waals surface area contributed by atoms with Crippen LogP contribution in [-0.4, -0.2) is 44.6 Å². The van der Waals surface area contributed by atoms with Crippen LogP contribution in [0.3, 0.4) is 0 Å². The summed E-state index contributed by atoms with van der Waals surface area (Å²) in [6, 6.07) is 0. The number of hydrogen-bond donors (Lipinski definition) is 1. The predicted molar refractivity (Wildman–Crippen MR) is 47.0 cm³/mol. The van der Waals surface area contributed by atoms with E-state index in [0.717, 1.165) is 6.92 Å². The number of rotatable bonds is 0. The van der Waals surface area contributed by atoms with Crippen LogP contribution in [-0.2, 0) is 4.79 Å². The van der Waals surface area contributed by atoms with Crippen molar-refractivity contribution in [1.82, 2.24) is 4.98 Å². The average Bonchev–Trinajstić information content (AvgIpc) is 2.11. The molecule has 0 aliphatic carbocycles. The van der Waals surface area contributed by atoms with Crippen molar-refractivity contribution in [3.8, 4) is 0 Å². The van der Waals surface area contributed by atoms with Gasteiger partial charge in [0.1, 0.15) is 0 Å². The normalized spacial score (nSPS) is 5.91. The Labute approximate surface area is 87.7 Å². The molecule has 0 aromatic carbocycles. The predicted octanol–water partition coefficient (Wildman–Crippen LogP) is 0.254. The molecule has 6 heteroatoms. The number of carboxylic acid groups (broad SMARTS) is 1.